The maximum atomic E-state index is 13.6. The number of nitrogens with two attached hydrogens (primary N) is 1. The van der Waals surface area contributed by atoms with Crippen LogP contribution in [-0.4, -0.2) is 70.1 Å². The second-order valence-electron chi connectivity index (χ2n) is 6.71. The van der Waals surface area contributed by atoms with Crippen LogP contribution in [0.2, 0.25) is 0 Å². The van der Waals surface area contributed by atoms with Crippen molar-refractivity contribution in [2.75, 3.05) is 54.9 Å². The molecule has 0 spiro atoms. The lowest BCUT2D eigenvalue weighted by Gasteiger charge is -2.30. The number of nitrogen functional groups attached to an aromatic ring is 1. The summed E-state index contributed by atoms with van der Waals surface area (Å²) in [6.45, 7) is 3.10. The predicted octanol–water partition coefficient (Wildman–Crippen LogP) is 0.854. The second-order valence-corrected chi connectivity index (χ2v) is 6.71. The third-order valence-electron chi connectivity index (χ3n) is 4.79. The number of nitrogens with zero attached hydrogens (tertiary/aromatic N) is 7. The molecule has 0 saturated carbocycles. The van der Waals surface area contributed by atoms with Gasteiger partial charge >= 0.3 is 0 Å². The van der Waals surface area contributed by atoms with Crippen molar-refractivity contribution in [1.29, 1.82) is 0 Å². The first-order valence-corrected chi connectivity index (χ1v) is 9.27. The summed E-state index contributed by atoms with van der Waals surface area (Å²) in [4.78, 5) is 36.2. The van der Waals surface area contributed by atoms with E-state index in [4.69, 9.17) is 10.5 Å². The average Bonchev–Trinajstić information content (AvgIpc) is 2.74. The minimum Gasteiger partial charge on any atom is -0.378 e. The van der Waals surface area contributed by atoms with E-state index in [1.807, 2.05) is 9.80 Å². The predicted molar refractivity (Wildman–Crippen MR) is 99.7 cm³/mol. The largest absolute Gasteiger partial charge is 0.378 e. The van der Waals surface area contributed by atoms with Crippen molar-refractivity contribution in [1.82, 2.24) is 24.9 Å². The highest BCUT2D eigenvalue weighted by atomic mass is 19.3. The van der Waals surface area contributed by atoms with Gasteiger partial charge in [0.15, 0.2) is 5.82 Å². The van der Waals surface area contributed by atoms with E-state index in [0.29, 0.717) is 64.1 Å². The van der Waals surface area contributed by atoms with Crippen LogP contribution in [0.1, 0.15) is 25.0 Å². The second kappa shape index (κ2) is 8.15. The number of halogens is 2. The van der Waals surface area contributed by atoms with E-state index in [1.165, 1.54) is 6.20 Å². The number of aromatic nitrogens is 5. The molecule has 0 bridgehead atoms. The van der Waals surface area contributed by atoms with Gasteiger partial charge in [-0.3, -0.25) is 4.79 Å². The van der Waals surface area contributed by atoms with Gasteiger partial charge < -0.3 is 20.3 Å². The van der Waals surface area contributed by atoms with E-state index < -0.39 is 12.1 Å². The highest BCUT2D eigenvalue weighted by Crippen LogP contribution is 2.30. The first-order valence-electron chi connectivity index (χ1n) is 9.27. The zero-order valence-corrected chi connectivity index (χ0v) is 15.6. The van der Waals surface area contributed by atoms with Gasteiger partial charge in [0.1, 0.15) is 11.5 Å². The summed E-state index contributed by atoms with van der Waals surface area (Å²) in [6, 6.07) is 0. The Balaban J connectivity index is 1.78. The summed E-state index contributed by atoms with van der Waals surface area (Å²) in [5, 5.41) is 0. The molecule has 2 aliphatic rings. The highest BCUT2D eigenvalue weighted by Gasteiger charge is 2.25. The molecule has 4 rings (SSSR count). The van der Waals surface area contributed by atoms with Gasteiger partial charge in [-0.05, 0) is 0 Å². The fourth-order valence-electron chi connectivity index (χ4n) is 3.22. The van der Waals surface area contributed by atoms with Crippen LogP contribution >= 0.6 is 0 Å². The Morgan fingerprint density at radius 1 is 0.966 bits per heavy atom. The number of rotatable bonds is 4. The van der Waals surface area contributed by atoms with Crippen LogP contribution < -0.4 is 15.5 Å². The van der Waals surface area contributed by atoms with Crippen LogP contribution in [0.3, 0.4) is 0 Å². The number of anilines is 3. The first kappa shape index (κ1) is 19.3. The van der Waals surface area contributed by atoms with Crippen molar-refractivity contribution in [3.05, 3.63) is 11.9 Å². The molecule has 2 aromatic heterocycles. The number of hydrogen-bond donors (Lipinski definition) is 1. The van der Waals surface area contributed by atoms with Gasteiger partial charge in [-0.2, -0.15) is 15.0 Å². The molecule has 0 atom stereocenters. The fraction of sp³-hybridized carbons (Fsp3) is 0.529. The van der Waals surface area contributed by atoms with Gasteiger partial charge in [-0.15, -0.1) is 0 Å². The summed E-state index contributed by atoms with van der Waals surface area (Å²) >= 11 is 0. The van der Waals surface area contributed by atoms with E-state index in [0.717, 1.165) is 0 Å². The zero-order chi connectivity index (χ0) is 20.4. The van der Waals surface area contributed by atoms with Gasteiger partial charge in [0, 0.05) is 45.2 Å². The molecule has 10 nitrogen and oxygen atoms in total. The lowest BCUT2D eigenvalue weighted by molar-refractivity contribution is -0.119. The number of morpholine rings is 1. The quantitative estimate of drug-likeness (QED) is 0.782. The number of carbonyl (C=O) groups excluding carboxylic acids is 1. The van der Waals surface area contributed by atoms with Crippen LogP contribution in [0.25, 0.3) is 11.4 Å². The van der Waals surface area contributed by atoms with Crippen molar-refractivity contribution < 1.29 is 18.3 Å². The van der Waals surface area contributed by atoms with Gasteiger partial charge in [-0.1, -0.05) is 0 Å². The van der Waals surface area contributed by atoms with Crippen LogP contribution in [-0.2, 0) is 9.53 Å². The normalized spacial score (nSPS) is 17.8. The fourth-order valence-corrected chi connectivity index (χ4v) is 3.22. The Morgan fingerprint density at radius 2 is 1.59 bits per heavy atom. The molecule has 29 heavy (non-hydrogen) atoms. The molecule has 4 heterocycles. The number of Topliss-reactive ketones (excluding diaryl/α,β-unsaturated/α-hetero) is 1. The molecule has 12 heteroatoms. The Bertz CT molecular complexity index is 897. The van der Waals surface area contributed by atoms with Gasteiger partial charge in [0.25, 0.3) is 6.43 Å². The summed E-state index contributed by atoms with van der Waals surface area (Å²) in [7, 11) is 0. The van der Waals surface area contributed by atoms with Crippen molar-refractivity contribution in [3.63, 3.8) is 0 Å². The standard InChI is InChI=1S/C17H20F2N8O2/c18-13(19)12-11(9-21-15(20)22-12)14-23-16(26-3-1-10(28)2-4-26)25-17(24-14)27-5-7-29-8-6-27/h9,13H,1-8H2,(H2,20,21,22). The summed E-state index contributed by atoms with van der Waals surface area (Å²) < 4.78 is 32.5. The monoisotopic (exact) mass is 406 g/mol. The zero-order valence-electron chi connectivity index (χ0n) is 15.6. The summed E-state index contributed by atoms with van der Waals surface area (Å²) in [5.41, 5.74) is 4.95. The van der Waals surface area contributed by atoms with Crippen LogP contribution in [0.5, 0.6) is 0 Å². The van der Waals surface area contributed by atoms with Crippen molar-refractivity contribution in [2.24, 2.45) is 0 Å². The number of ketones is 1. The third-order valence-corrected chi connectivity index (χ3v) is 4.79. The van der Waals surface area contributed by atoms with E-state index in [1.54, 1.807) is 0 Å². The molecule has 0 radical (unpaired) electrons. The molecule has 2 fully saturated rings. The molecule has 0 unspecified atom stereocenters. The summed E-state index contributed by atoms with van der Waals surface area (Å²) in [6.07, 6.45) is -0.886. The van der Waals surface area contributed by atoms with E-state index in [9.17, 15) is 13.6 Å². The van der Waals surface area contributed by atoms with Crippen LogP contribution in [0.15, 0.2) is 6.20 Å². The lowest BCUT2D eigenvalue weighted by atomic mass is 10.1. The third kappa shape index (κ3) is 4.21. The number of alkyl halides is 2. The summed E-state index contributed by atoms with van der Waals surface area (Å²) in [5.74, 6) is 0.670. The maximum absolute atomic E-state index is 13.6. The molecule has 154 valence electrons. The topological polar surface area (TPSA) is 123 Å². The number of hydrogen-bond acceptors (Lipinski definition) is 10. The molecule has 2 aromatic rings. The first-order chi connectivity index (χ1) is 14.0. The Morgan fingerprint density at radius 3 is 2.21 bits per heavy atom. The van der Waals surface area contributed by atoms with Gasteiger partial charge in [-0.25, -0.2) is 18.7 Å². The van der Waals surface area contributed by atoms with Crippen LogP contribution in [0.4, 0.5) is 26.6 Å². The maximum Gasteiger partial charge on any atom is 0.281 e. The van der Waals surface area contributed by atoms with E-state index >= 15 is 0 Å². The number of carbonyl (C=O) groups is 1. The molecular weight excluding hydrogens is 386 g/mol. The van der Waals surface area contributed by atoms with Crippen LogP contribution in [0, 0.1) is 0 Å². The molecule has 0 aliphatic carbocycles. The Labute approximate surface area is 165 Å². The Hall–Kier alpha value is -3.02. The SMILES string of the molecule is Nc1ncc(-c2nc(N3CCOCC3)nc(N3CCC(=O)CC3)n2)c(C(F)F)n1. The van der Waals surface area contributed by atoms with Crippen molar-refractivity contribution in [3.8, 4) is 11.4 Å². The van der Waals surface area contributed by atoms with Gasteiger partial charge in [0.2, 0.25) is 17.8 Å². The van der Waals surface area contributed by atoms with E-state index in [-0.39, 0.29) is 23.1 Å². The molecule has 0 aromatic carbocycles. The average molecular weight is 406 g/mol. The molecule has 0 amide bonds. The van der Waals surface area contributed by atoms with Crippen molar-refractivity contribution >= 4 is 23.6 Å². The number of ether oxygens (including phenoxy) is 1. The molecule has 2 N–H and O–H groups in total. The smallest absolute Gasteiger partial charge is 0.281 e. The minimum atomic E-state index is -2.87. The minimum absolute atomic E-state index is 0.000412. The highest BCUT2D eigenvalue weighted by molar-refractivity contribution is 5.80. The number of piperidine rings is 1. The molecular formula is C17H20F2N8O2. The van der Waals surface area contributed by atoms with E-state index in [2.05, 4.69) is 24.9 Å². The molecule has 2 aliphatic heterocycles. The van der Waals surface area contributed by atoms with Crippen molar-refractivity contribution in [2.45, 2.75) is 19.3 Å². The van der Waals surface area contributed by atoms with Gasteiger partial charge in [0.05, 0.1) is 18.8 Å². The Kier molecular flexibility index (Phi) is 5.43. The molecule has 2 saturated heterocycles. The lowest BCUT2D eigenvalue weighted by Crippen LogP contribution is -2.39.